The summed E-state index contributed by atoms with van der Waals surface area (Å²) in [6, 6.07) is 13.4. The average Bonchev–Trinajstić information content (AvgIpc) is 2.83. The van der Waals surface area contributed by atoms with Crippen LogP contribution in [0.4, 0.5) is 5.95 Å². The number of aromatic nitrogens is 2. The summed E-state index contributed by atoms with van der Waals surface area (Å²) < 4.78 is 7.07. The average molecular weight is 278 g/mol. The topological polar surface area (TPSA) is 76.9 Å². The van der Waals surface area contributed by atoms with Crippen LogP contribution in [-0.2, 0) is 0 Å². The van der Waals surface area contributed by atoms with E-state index >= 15 is 0 Å². The van der Waals surface area contributed by atoms with Gasteiger partial charge < -0.3 is 10.5 Å². The molecular weight excluding hydrogens is 264 g/mol. The van der Waals surface area contributed by atoms with Crippen molar-refractivity contribution in [2.45, 2.75) is 6.92 Å². The standard InChI is InChI=1S/C16H14N4O/c1-10-8-12(21-2)6-7-13(10)20-14-5-3-4-11(9-17)15(14)19-16(20)18/h3-8H,1-2H3,(H2,18,19). The van der Waals surface area contributed by atoms with E-state index in [2.05, 4.69) is 11.1 Å². The van der Waals surface area contributed by atoms with Crippen LogP contribution in [0.15, 0.2) is 36.4 Å². The maximum absolute atomic E-state index is 9.17. The van der Waals surface area contributed by atoms with E-state index in [1.807, 2.05) is 41.8 Å². The van der Waals surface area contributed by atoms with Crippen LogP contribution < -0.4 is 10.5 Å². The SMILES string of the molecule is COc1ccc(-n2c(N)nc3c(C#N)cccc32)c(C)c1. The van der Waals surface area contributed by atoms with Crippen molar-refractivity contribution in [3.63, 3.8) is 0 Å². The van der Waals surface area contributed by atoms with Gasteiger partial charge in [0.25, 0.3) is 0 Å². The Balaban J connectivity index is 2.31. The molecule has 1 aromatic heterocycles. The van der Waals surface area contributed by atoms with Crippen molar-refractivity contribution < 1.29 is 4.74 Å². The summed E-state index contributed by atoms with van der Waals surface area (Å²) in [6.07, 6.45) is 0. The lowest BCUT2D eigenvalue weighted by Crippen LogP contribution is -2.02. The van der Waals surface area contributed by atoms with Gasteiger partial charge in [-0.25, -0.2) is 4.98 Å². The first-order valence-electron chi connectivity index (χ1n) is 6.47. The number of ether oxygens (including phenoxy) is 1. The van der Waals surface area contributed by atoms with Gasteiger partial charge in [0.1, 0.15) is 17.3 Å². The molecule has 0 unspecified atom stereocenters. The van der Waals surface area contributed by atoms with Gasteiger partial charge in [0.2, 0.25) is 5.95 Å². The smallest absolute Gasteiger partial charge is 0.205 e. The summed E-state index contributed by atoms with van der Waals surface area (Å²) in [7, 11) is 1.63. The predicted molar refractivity (Wildman–Crippen MR) is 81.5 cm³/mol. The Bertz CT molecular complexity index is 874. The molecule has 0 amide bonds. The molecule has 3 aromatic rings. The van der Waals surface area contributed by atoms with Crippen LogP contribution in [0.1, 0.15) is 11.1 Å². The molecule has 1 heterocycles. The number of benzene rings is 2. The maximum atomic E-state index is 9.17. The van der Waals surface area contributed by atoms with Gasteiger partial charge in [-0.05, 0) is 42.8 Å². The zero-order chi connectivity index (χ0) is 15.0. The molecular formula is C16H14N4O. The van der Waals surface area contributed by atoms with Crippen molar-refractivity contribution in [3.05, 3.63) is 47.5 Å². The van der Waals surface area contributed by atoms with E-state index in [1.54, 1.807) is 13.2 Å². The second-order valence-electron chi connectivity index (χ2n) is 4.74. The number of anilines is 1. The number of fused-ring (bicyclic) bond motifs is 1. The zero-order valence-electron chi connectivity index (χ0n) is 11.8. The van der Waals surface area contributed by atoms with E-state index in [4.69, 9.17) is 10.5 Å². The van der Waals surface area contributed by atoms with Crippen molar-refractivity contribution in [3.8, 4) is 17.5 Å². The van der Waals surface area contributed by atoms with Crippen LogP contribution in [0.2, 0.25) is 0 Å². The number of hydrogen-bond donors (Lipinski definition) is 1. The lowest BCUT2D eigenvalue weighted by atomic mass is 10.1. The van der Waals surface area contributed by atoms with Gasteiger partial charge in [0.05, 0.1) is 23.9 Å². The van der Waals surface area contributed by atoms with Crippen LogP contribution in [0.5, 0.6) is 5.75 Å². The minimum atomic E-state index is 0.362. The summed E-state index contributed by atoms with van der Waals surface area (Å²) in [6.45, 7) is 1.98. The molecule has 0 aliphatic heterocycles. The number of methoxy groups -OCH3 is 1. The van der Waals surface area contributed by atoms with Crippen molar-refractivity contribution in [1.82, 2.24) is 9.55 Å². The first kappa shape index (κ1) is 13.0. The molecule has 0 aliphatic rings. The molecule has 5 nitrogen and oxygen atoms in total. The first-order valence-corrected chi connectivity index (χ1v) is 6.47. The lowest BCUT2D eigenvalue weighted by molar-refractivity contribution is 0.414. The van der Waals surface area contributed by atoms with Crippen molar-refractivity contribution in [2.75, 3.05) is 12.8 Å². The highest BCUT2D eigenvalue weighted by molar-refractivity contribution is 5.86. The molecule has 104 valence electrons. The van der Waals surface area contributed by atoms with E-state index in [9.17, 15) is 5.26 Å². The Morgan fingerprint density at radius 1 is 1.29 bits per heavy atom. The Hall–Kier alpha value is -3.00. The highest BCUT2D eigenvalue weighted by Gasteiger charge is 2.14. The minimum Gasteiger partial charge on any atom is -0.497 e. The molecule has 0 fully saturated rings. The normalized spacial score (nSPS) is 10.5. The van der Waals surface area contributed by atoms with Crippen molar-refractivity contribution in [2.24, 2.45) is 0 Å². The molecule has 3 rings (SSSR count). The molecule has 2 N–H and O–H groups in total. The van der Waals surface area contributed by atoms with E-state index in [-0.39, 0.29) is 0 Å². The molecule has 0 atom stereocenters. The van der Waals surface area contributed by atoms with Crippen LogP contribution in [0.3, 0.4) is 0 Å². The second kappa shape index (κ2) is 4.84. The molecule has 0 saturated heterocycles. The van der Waals surface area contributed by atoms with Crippen molar-refractivity contribution >= 4 is 17.0 Å². The number of aryl methyl sites for hydroxylation is 1. The Morgan fingerprint density at radius 3 is 2.76 bits per heavy atom. The third kappa shape index (κ3) is 1.98. The zero-order valence-corrected chi connectivity index (χ0v) is 11.8. The fourth-order valence-corrected chi connectivity index (χ4v) is 2.47. The van der Waals surface area contributed by atoms with Crippen LogP contribution in [0.25, 0.3) is 16.7 Å². The van der Waals surface area contributed by atoms with E-state index in [0.717, 1.165) is 22.5 Å². The first-order chi connectivity index (χ1) is 10.2. The quantitative estimate of drug-likeness (QED) is 0.782. The monoisotopic (exact) mass is 278 g/mol. The lowest BCUT2D eigenvalue weighted by Gasteiger charge is -2.11. The fourth-order valence-electron chi connectivity index (χ4n) is 2.47. The molecule has 0 aliphatic carbocycles. The van der Waals surface area contributed by atoms with Gasteiger partial charge in [-0.1, -0.05) is 6.07 Å². The number of nitrogen functional groups attached to an aromatic ring is 1. The number of nitriles is 1. The van der Waals surface area contributed by atoms with E-state index < -0.39 is 0 Å². The number of nitrogens with two attached hydrogens (primary N) is 1. The Kier molecular flexibility index (Phi) is 2.99. The summed E-state index contributed by atoms with van der Waals surface area (Å²) in [5, 5.41) is 9.17. The number of hydrogen-bond acceptors (Lipinski definition) is 4. The Labute approximate surface area is 122 Å². The number of rotatable bonds is 2. The van der Waals surface area contributed by atoms with Crippen LogP contribution >= 0.6 is 0 Å². The summed E-state index contributed by atoms with van der Waals surface area (Å²) in [5.74, 6) is 1.15. The second-order valence-corrected chi connectivity index (χ2v) is 4.74. The largest absolute Gasteiger partial charge is 0.497 e. The van der Waals surface area contributed by atoms with Crippen LogP contribution in [-0.4, -0.2) is 16.7 Å². The van der Waals surface area contributed by atoms with Gasteiger partial charge in [-0.15, -0.1) is 0 Å². The van der Waals surface area contributed by atoms with E-state index in [1.165, 1.54) is 0 Å². The van der Waals surface area contributed by atoms with Gasteiger partial charge in [0.15, 0.2) is 0 Å². The molecule has 2 aromatic carbocycles. The highest BCUT2D eigenvalue weighted by atomic mass is 16.5. The minimum absolute atomic E-state index is 0.362. The van der Waals surface area contributed by atoms with Gasteiger partial charge in [-0.3, -0.25) is 4.57 Å². The van der Waals surface area contributed by atoms with Crippen LogP contribution in [0, 0.1) is 18.3 Å². The molecule has 5 heteroatoms. The summed E-state index contributed by atoms with van der Waals surface area (Å²) in [5.41, 5.74) is 9.95. The highest BCUT2D eigenvalue weighted by Crippen LogP contribution is 2.28. The molecule has 0 bridgehead atoms. The third-order valence-corrected chi connectivity index (χ3v) is 3.48. The van der Waals surface area contributed by atoms with Crippen molar-refractivity contribution in [1.29, 1.82) is 5.26 Å². The van der Waals surface area contributed by atoms with Gasteiger partial charge in [0, 0.05) is 0 Å². The predicted octanol–water partition coefficient (Wildman–Crippen LogP) is 2.80. The third-order valence-electron chi connectivity index (χ3n) is 3.48. The number of imidazole rings is 1. The van der Waals surface area contributed by atoms with Gasteiger partial charge >= 0.3 is 0 Å². The molecule has 0 spiro atoms. The fraction of sp³-hybridized carbons (Fsp3) is 0.125. The summed E-state index contributed by atoms with van der Waals surface area (Å²) >= 11 is 0. The molecule has 21 heavy (non-hydrogen) atoms. The molecule has 0 saturated carbocycles. The number of nitrogens with zero attached hydrogens (tertiary/aromatic N) is 3. The molecule has 0 radical (unpaired) electrons. The Morgan fingerprint density at radius 2 is 2.10 bits per heavy atom. The maximum Gasteiger partial charge on any atom is 0.205 e. The van der Waals surface area contributed by atoms with E-state index in [0.29, 0.717) is 17.0 Å². The summed E-state index contributed by atoms with van der Waals surface area (Å²) in [4.78, 5) is 4.33. The van der Waals surface area contributed by atoms with Gasteiger partial charge in [-0.2, -0.15) is 5.26 Å². The number of para-hydroxylation sites is 1.